The fourth-order valence-corrected chi connectivity index (χ4v) is 2.67. The van der Waals surface area contributed by atoms with Gasteiger partial charge < -0.3 is 0 Å². The molecule has 0 fully saturated rings. The van der Waals surface area contributed by atoms with Crippen LogP contribution in [0.5, 0.6) is 0 Å². The van der Waals surface area contributed by atoms with E-state index in [1.807, 2.05) is 11.8 Å². The van der Waals surface area contributed by atoms with Crippen LogP contribution in [0.3, 0.4) is 0 Å². The lowest BCUT2D eigenvalue weighted by Gasteiger charge is -2.01. The van der Waals surface area contributed by atoms with Gasteiger partial charge in [-0.25, -0.2) is 0 Å². The Hall–Kier alpha value is 0.530. The number of alkyl halides is 1. The molecule has 0 amide bonds. The van der Waals surface area contributed by atoms with E-state index < -0.39 is 0 Å². The summed E-state index contributed by atoms with van der Waals surface area (Å²) in [7, 11) is 0. The third-order valence-corrected chi connectivity index (χ3v) is 4.05. The van der Waals surface area contributed by atoms with Crippen molar-refractivity contribution in [1.82, 2.24) is 0 Å². The second-order valence-electron chi connectivity index (χ2n) is 3.05. The smallest absolute Gasteiger partial charge is 0.0176 e. The Kier molecular flexibility index (Phi) is 7.00. The molecular weight excluding hydrogens is 324 g/mol. The third-order valence-electron chi connectivity index (χ3n) is 1.86. The number of hydrogen-bond donors (Lipinski definition) is 0. The quantitative estimate of drug-likeness (QED) is 0.395. The average molecular weight is 338 g/mol. The van der Waals surface area contributed by atoms with E-state index in [2.05, 4.69) is 56.1 Å². The molecule has 0 aliphatic heterocycles. The highest BCUT2D eigenvalue weighted by Gasteiger charge is 1.94. The predicted molar refractivity (Wildman–Crippen MR) is 72.5 cm³/mol. The fraction of sp³-hybridized carbons (Fsp3) is 0.455. The first kappa shape index (κ1) is 12.6. The molecule has 0 spiro atoms. The Balaban J connectivity index is 2.15. The van der Waals surface area contributed by atoms with E-state index in [-0.39, 0.29) is 0 Å². The summed E-state index contributed by atoms with van der Waals surface area (Å²) in [4.78, 5) is 1.37. The lowest BCUT2D eigenvalue weighted by molar-refractivity contribution is 0.788. The van der Waals surface area contributed by atoms with E-state index in [4.69, 9.17) is 0 Å². The number of unbranched alkanes of at least 4 members (excludes halogenated alkanes) is 2. The molecule has 0 radical (unpaired) electrons. The minimum absolute atomic E-state index is 1.13. The number of benzene rings is 1. The topological polar surface area (TPSA) is 0 Å². The van der Waals surface area contributed by atoms with E-state index in [1.165, 1.54) is 29.9 Å². The maximum atomic E-state index is 3.44. The third kappa shape index (κ3) is 5.42. The monoisotopic (exact) mass is 336 g/mol. The first-order chi connectivity index (χ1) is 6.83. The minimum atomic E-state index is 1.13. The standard InChI is InChI=1S/C11H14Br2S/c12-8-2-1-3-9-14-11-6-4-10(13)5-7-11/h4-7H,1-3,8-9H2. The van der Waals surface area contributed by atoms with Gasteiger partial charge in [-0.15, -0.1) is 11.8 Å². The Morgan fingerprint density at radius 1 is 1.00 bits per heavy atom. The van der Waals surface area contributed by atoms with Crippen molar-refractivity contribution in [2.24, 2.45) is 0 Å². The Morgan fingerprint density at radius 3 is 2.36 bits per heavy atom. The van der Waals surface area contributed by atoms with Gasteiger partial charge in [0.1, 0.15) is 0 Å². The zero-order chi connectivity index (χ0) is 10.2. The number of halogens is 2. The molecule has 0 N–H and O–H groups in total. The summed E-state index contributed by atoms with van der Waals surface area (Å²) in [6, 6.07) is 8.53. The van der Waals surface area contributed by atoms with Crippen molar-refractivity contribution < 1.29 is 0 Å². The zero-order valence-corrected chi connectivity index (χ0v) is 12.0. The van der Waals surface area contributed by atoms with Crippen molar-refractivity contribution in [2.75, 3.05) is 11.1 Å². The summed E-state index contributed by atoms with van der Waals surface area (Å²) < 4.78 is 1.15. The van der Waals surface area contributed by atoms with Crippen LogP contribution < -0.4 is 0 Å². The molecule has 0 bridgehead atoms. The lowest BCUT2D eigenvalue weighted by Crippen LogP contribution is -1.82. The lowest BCUT2D eigenvalue weighted by atomic mass is 10.3. The number of rotatable bonds is 6. The fourth-order valence-electron chi connectivity index (χ4n) is 1.09. The molecule has 1 aromatic carbocycles. The molecular formula is C11H14Br2S. The molecule has 0 aromatic heterocycles. The van der Waals surface area contributed by atoms with Crippen molar-refractivity contribution >= 4 is 43.6 Å². The van der Waals surface area contributed by atoms with Gasteiger partial charge in [0.05, 0.1) is 0 Å². The number of thioether (sulfide) groups is 1. The van der Waals surface area contributed by atoms with Crippen LogP contribution in [-0.4, -0.2) is 11.1 Å². The predicted octanol–water partition coefficient (Wildman–Crippen LogP) is 5.11. The second kappa shape index (κ2) is 7.77. The van der Waals surface area contributed by atoms with Crippen LogP contribution in [-0.2, 0) is 0 Å². The SMILES string of the molecule is BrCCCCCSc1ccc(Br)cc1. The van der Waals surface area contributed by atoms with Crippen molar-refractivity contribution in [3.63, 3.8) is 0 Å². The van der Waals surface area contributed by atoms with Crippen molar-refractivity contribution in [1.29, 1.82) is 0 Å². The molecule has 3 heteroatoms. The molecule has 0 unspecified atom stereocenters. The van der Waals surface area contributed by atoms with Crippen molar-refractivity contribution in [3.05, 3.63) is 28.7 Å². The van der Waals surface area contributed by atoms with Crippen LogP contribution in [0.2, 0.25) is 0 Å². The van der Waals surface area contributed by atoms with Crippen molar-refractivity contribution in [2.45, 2.75) is 24.2 Å². The molecule has 0 atom stereocenters. The molecule has 0 aliphatic rings. The highest BCUT2D eigenvalue weighted by Crippen LogP contribution is 2.21. The van der Waals surface area contributed by atoms with Crippen LogP contribution >= 0.6 is 43.6 Å². The molecule has 14 heavy (non-hydrogen) atoms. The van der Waals surface area contributed by atoms with Crippen molar-refractivity contribution in [3.8, 4) is 0 Å². The largest absolute Gasteiger partial charge is 0.126 e. The highest BCUT2D eigenvalue weighted by atomic mass is 79.9. The normalized spacial score (nSPS) is 10.4. The van der Waals surface area contributed by atoms with E-state index in [0.29, 0.717) is 0 Å². The van der Waals surface area contributed by atoms with Gasteiger partial charge in [-0.05, 0) is 42.9 Å². The highest BCUT2D eigenvalue weighted by molar-refractivity contribution is 9.10. The summed E-state index contributed by atoms with van der Waals surface area (Å²) in [5, 5.41) is 1.13. The van der Waals surface area contributed by atoms with E-state index in [0.717, 1.165) is 9.80 Å². The first-order valence-corrected chi connectivity index (χ1v) is 7.67. The van der Waals surface area contributed by atoms with Gasteiger partial charge in [0.25, 0.3) is 0 Å². The maximum Gasteiger partial charge on any atom is 0.0176 e. The van der Waals surface area contributed by atoms with Gasteiger partial charge in [0.2, 0.25) is 0 Å². The van der Waals surface area contributed by atoms with Gasteiger partial charge in [-0.1, -0.05) is 38.3 Å². The van der Waals surface area contributed by atoms with Gasteiger partial charge in [0.15, 0.2) is 0 Å². The summed E-state index contributed by atoms with van der Waals surface area (Å²) in [5.41, 5.74) is 0. The Morgan fingerprint density at radius 2 is 1.71 bits per heavy atom. The molecule has 0 heterocycles. The second-order valence-corrected chi connectivity index (χ2v) is 5.93. The molecule has 0 aliphatic carbocycles. The minimum Gasteiger partial charge on any atom is -0.126 e. The summed E-state index contributed by atoms with van der Waals surface area (Å²) in [6.45, 7) is 0. The molecule has 1 aromatic rings. The van der Waals surface area contributed by atoms with E-state index in [1.54, 1.807) is 0 Å². The molecule has 78 valence electrons. The molecule has 0 saturated carbocycles. The number of hydrogen-bond acceptors (Lipinski definition) is 1. The van der Waals surface area contributed by atoms with Crippen LogP contribution in [0.25, 0.3) is 0 Å². The molecule has 0 saturated heterocycles. The Labute approximate surface area is 107 Å². The van der Waals surface area contributed by atoms with Gasteiger partial charge >= 0.3 is 0 Å². The summed E-state index contributed by atoms with van der Waals surface area (Å²) >= 11 is 8.82. The summed E-state index contributed by atoms with van der Waals surface area (Å²) in [5.74, 6) is 1.23. The van der Waals surface area contributed by atoms with Gasteiger partial charge in [-0.2, -0.15) is 0 Å². The van der Waals surface area contributed by atoms with E-state index in [9.17, 15) is 0 Å². The first-order valence-electron chi connectivity index (χ1n) is 4.77. The maximum absolute atomic E-state index is 3.44. The van der Waals surface area contributed by atoms with Crippen LogP contribution in [0.4, 0.5) is 0 Å². The molecule has 1 rings (SSSR count). The molecule has 0 nitrogen and oxygen atoms in total. The average Bonchev–Trinajstić information content (AvgIpc) is 2.21. The van der Waals surface area contributed by atoms with Crippen LogP contribution in [0.15, 0.2) is 33.6 Å². The van der Waals surface area contributed by atoms with Gasteiger partial charge in [-0.3, -0.25) is 0 Å². The zero-order valence-electron chi connectivity index (χ0n) is 8.01. The van der Waals surface area contributed by atoms with Crippen LogP contribution in [0, 0.1) is 0 Å². The summed E-state index contributed by atoms with van der Waals surface area (Å²) in [6.07, 6.45) is 3.93. The Bertz CT molecular complexity index is 246. The van der Waals surface area contributed by atoms with Gasteiger partial charge in [0, 0.05) is 14.7 Å². The van der Waals surface area contributed by atoms with E-state index >= 15 is 0 Å². The van der Waals surface area contributed by atoms with Crippen LogP contribution in [0.1, 0.15) is 19.3 Å².